The summed E-state index contributed by atoms with van der Waals surface area (Å²) >= 11 is 1.31. The summed E-state index contributed by atoms with van der Waals surface area (Å²) in [5.74, 6) is 0.464. The third-order valence-corrected chi connectivity index (χ3v) is 7.24. The number of nitrogens with zero attached hydrogens (tertiary/aromatic N) is 3. The smallest absolute Gasteiger partial charge is 0.268 e. The van der Waals surface area contributed by atoms with Crippen LogP contribution in [-0.2, 0) is 0 Å². The lowest BCUT2D eigenvalue weighted by Crippen LogP contribution is -2.35. The fraction of sp³-hybridized carbons (Fsp3) is 0.320. The van der Waals surface area contributed by atoms with Crippen LogP contribution in [0.15, 0.2) is 59.5 Å². The Hall–Kier alpha value is -2.99. The molecule has 0 bridgehead atoms. The summed E-state index contributed by atoms with van der Waals surface area (Å²) in [6, 6.07) is 15.4. The molecule has 1 aromatic carbocycles. The molecule has 31 heavy (non-hydrogen) atoms. The molecular weight excluding hydrogens is 406 g/mol. The fourth-order valence-electron chi connectivity index (χ4n) is 4.54. The lowest BCUT2D eigenvalue weighted by atomic mass is 9.89. The van der Waals surface area contributed by atoms with E-state index in [0.717, 1.165) is 24.1 Å². The Bertz CT molecular complexity index is 1300. The van der Waals surface area contributed by atoms with Gasteiger partial charge in [-0.05, 0) is 55.5 Å². The first kappa shape index (κ1) is 19.9. The maximum atomic E-state index is 13.7. The number of hydrogen-bond acceptors (Lipinski definition) is 4. The second-order valence-corrected chi connectivity index (χ2v) is 9.42. The van der Waals surface area contributed by atoms with Gasteiger partial charge in [-0.2, -0.15) is 0 Å². The summed E-state index contributed by atoms with van der Waals surface area (Å²) < 4.78 is 1.57. The number of rotatable bonds is 4. The maximum absolute atomic E-state index is 13.7. The highest BCUT2D eigenvalue weighted by atomic mass is 32.1. The van der Waals surface area contributed by atoms with Crippen molar-refractivity contribution in [1.29, 1.82) is 0 Å². The van der Waals surface area contributed by atoms with Crippen LogP contribution in [0, 0.1) is 12.8 Å². The number of amides is 1. The van der Waals surface area contributed by atoms with Gasteiger partial charge in [-0.15, -0.1) is 11.3 Å². The number of anilines is 1. The van der Waals surface area contributed by atoms with Crippen LogP contribution in [-0.4, -0.2) is 21.8 Å². The predicted molar refractivity (Wildman–Crippen MR) is 126 cm³/mol. The molecule has 158 valence electrons. The summed E-state index contributed by atoms with van der Waals surface area (Å²) in [5, 5.41) is 0.502. The van der Waals surface area contributed by atoms with Gasteiger partial charge in [0.15, 0.2) is 0 Å². The molecule has 0 aliphatic heterocycles. The molecule has 6 heteroatoms. The Labute approximate surface area is 185 Å². The third-order valence-electron chi connectivity index (χ3n) is 6.22. The number of aryl methyl sites for hydroxylation is 1. The third kappa shape index (κ3) is 3.76. The van der Waals surface area contributed by atoms with Crippen LogP contribution in [0.5, 0.6) is 0 Å². The van der Waals surface area contributed by atoms with E-state index in [-0.39, 0.29) is 11.5 Å². The molecule has 1 aliphatic carbocycles. The molecule has 0 N–H and O–H groups in total. The molecule has 0 atom stereocenters. The number of pyridine rings is 1. The van der Waals surface area contributed by atoms with Gasteiger partial charge < -0.3 is 4.90 Å². The largest absolute Gasteiger partial charge is 0.307 e. The van der Waals surface area contributed by atoms with Gasteiger partial charge in [0.05, 0.1) is 10.3 Å². The molecule has 1 aliphatic rings. The molecule has 0 saturated heterocycles. The highest BCUT2D eigenvalue weighted by Crippen LogP contribution is 2.30. The monoisotopic (exact) mass is 431 g/mol. The van der Waals surface area contributed by atoms with Crippen LogP contribution >= 0.6 is 11.3 Å². The highest BCUT2D eigenvalue weighted by molar-refractivity contribution is 7.20. The Morgan fingerprint density at radius 3 is 2.68 bits per heavy atom. The zero-order valence-corrected chi connectivity index (χ0v) is 18.4. The first-order valence-electron chi connectivity index (χ1n) is 10.9. The van der Waals surface area contributed by atoms with E-state index < -0.39 is 0 Å². The quantitative estimate of drug-likeness (QED) is 0.432. The van der Waals surface area contributed by atoms with Crippen LogP contribution < -0.4 is 10.5 Å². The maximum Gasteiger partial charge on any atom is 0.268 e. The number of fused-ring (bicyclic) bond motifs is 2. The zero-order chi connectivity index (χ0) is 21.4. The first-order valence-corrected chi connectivity index (χ1v) is 11.7. The Balaban J connectivity index is 1.57. The number of carbonyl (C=O) groups excluding carboxylic acids is 1. The van der Waals surface area contributed by atoms with Gasteiger partial charge in [0.25, 0.3) is 11.5 Å². The second kappa shape index (κ2) is 8.27. The second-order valence-electron chi connectivity index (χ2n) is 8.39. The summed E-state index contributed by atoms with van der Waals surface area (Å²) in [6.45, 7) is 2.65. The van der Waals surface area contributed by atoms with E-state index in [9.17, 15) is 9.59 Å². The summed E-state index contributed by atoms with van der Waals surface area (Å²) in [4.78, 5) is 34.5. The van der Waals surface area contributed by atoms with Crippen LogP contribution in [0.3, 0.4) is 0 Å². The Kier molecular flexibility index (Phi) is 5.32. The van der Waals surface area contributed by atoms with Crippen molar-refractivity contribution >= 4 is 38.8 Å². The molecular formula is C25H25N3O2S. The van der Waals surface area contributed by atoms with E-state index in [1.54, 1.807) is 16.7 Å². The Morgan fingerprint density at radius 1 is 1.13 bits per heavy atom. The minimum Gasteiger partial charge on any atom is -0.307 e. The van der Waals surface area contributed by atoms with Crippen LogP contribution in [0.4, 0.5) is 5.69 Å². The zero-order valence-electron chi connectivity index (χ0n) is 17.6. The molecule has 0 radical (unpaired) electrons. The SMILES string of the molecule is Cc1cccn2c(=O)c3cc(C(=O)N(CC4CCCCC4)c4ccccc4)sc3nc12. The van der Waals surface area contributed by atoms with Crippen LogP contribution in [0.1, 0.15) is 47.3 Å². The predicted octanol–water partition coefficient (Wildman–Crippen LogP) is 5.44. The number of para-hydroxylation sites is 1. The molecule has 0 spiro atoms. The minimum atomic E-state index is -0.127. The molecule has 1 fully saturated rings. The number of thiophene rings is 1. The molecule has 1 saturated carbocycles. The normalized spacial score (nSPS) is 14.9. The lowest BCUT2D eigenvalue weighted by Gasteiger charge is -2.29. The number of carbonyl (C=O) groups is 1. The summed E-state index contributed by atoms with van der Waals surface area (Å²) in [7, 11) is 0. The van der Waals surface area contributed by atoms with Gasteiger partial charge in [-0.1, -0.05) is 43.5 Å². The number of aromatic nitrogens is 2. The lowest BCUT2D eigenvalue weighted by molar-refractivity contribution is 0.0984. The molecule has 3 aromatic heterocycles. The van der Waals surface area contributed by atoms with E-state index in [2.05, 4.69) is 0 Å². The molecule has 4 aromatic rings. The van der Waals surface area contributed by atoms with Crippen molar-refractivity contribution in [3.8, 4) is 0 Å². The minimum absolute atomic E-state index is 0.0510. The van der Waals surface area contributed by atoms with Gasteiger partial charge in [0.2, 0.25) is 0 Å². The van der Waals surface area contributed by atoms with Crippen molar-refractivity contribution in [1.82, 2.24) is 9.38 Å². The van der Waals surface area contributed by atoms with Gasteiger partial charge in [-0.25, -0.2) is 4.98 Å². The Morgan fingerprint density at radius 2 is 1.90 bits per heavy atom. The average molecular weight is 432 g/mol. The summed E-state index contributed by atoms with van der Waals surface area (Å²) in [5.41, 5.74) is 2.35. The van der Waals surface area contributed by atoms with Gasteiger partial charge in [0, 0.05) is 18.4 Å². The first-order chi connectivity index (χ1) is 15.1. The standard InChI is InChI=1S/C25H25N3O2S/c1-17-9-8-14-27-22(17)26-23-20(24(27)29)15-21(31-23)25(30)28(19-12-6-3-7-13-19)16-18-10-4-2-5-11-18/h3,6-9,12-15,18H,2,4-5,10-11,16H2,1H3. The van der Waals surface area contributed by atoms with E-state index in [1.165, 1.54) is 30.6 Å². The summed E-state index contributed by atoms with van der Waals surface area (Å²) in [6.07, 6.45) is 7.81. The van der Waals surface area contributed by atoms with Crippen molar-refractivity contribution < 1.29 is 4.79 Å². The van der Waals surface area contributed by atoms with Crippen molar-refractivity contribution in [2.24, 2.45) is 5.92 Å². The van der Waals surface area contributed by atoms with Gasteiger partial charge in [-0.3, -0.25) is 14.0 Å². The highest BCUT2D eigenvalue weighted by Gasteiger charge is 2.25. The molecule has 3 heterocycles. The van der Waals surface area contributed by atoms with Crippen molar-refractivity contribution in [2.75, 3.05) is 11.4 Å². The van der Waals surface area contributed by atoms with E-state index in [0.29, 0.717) is 33.2 Å². The average Bonchev–Trinajstić information content (AvgIpc) is 3.24. The topological polar surface area (TPSA) is 54.7 Å². The van der Waals surface area contributed by atoms with Gasteiger partial charge >= 0.3 is 0 Å². The van der Waals surface area contributed by atoms with Crippen LogP contribution in [0.25, 0.3) is 15.9 Å². The van der Waals surface area contributed by atoms with Crippen molar-refractivity contribution in [3.63, 3.8) is 0 Å². The van der Waals surface area contributed by atoms with E-state index in [4.69, 9.17) is 4.98 Å². The molecule has 0 unspecified atom stereocenters. The molecule has 5 nitrogen and oxygen atoms in total. The molecule has 5 rings (SSSR count). The van der Waals surface area contributed by atoms with Gasteiger partial charge in [0.1, 0.15) is 10.5 Å². The number of benzene rings is 1. The van der Waals surface area contributed by atoms with E-state index >= 15 is 0 Å². The molecule has 1 amide bonds. The fourth-order valence-corrected chi connectivity index (χ4v) is 5.51. The van der Waals surface area contributed by atoms with Crippen molar-refractivity contribution in [3.05, 3.63) is 75.5 Å². The van der Waals surface area contributed by atoms with Crippen molar-refractivity contribution in [2.45, 2.75) is 39.0 Å². The van der Waals surface area contributed by atoms with E-state index in [1.807, 2.05) is 54.3 Å². The van der Waals surface area contributed by atoms with Crippen LogP contribution in [0.2, 0.25) is 0 Å². The number of hydrogen-bond donors (Lipinski definition) is 0.